The fourth-order valence-corrected chi connectivity index (χ4v) is 1.51. The number of aryl methyl sites for hydroxylation is 1. The van der Waals surface area contributed by atoms with Crippen molar-refractivity contribution in [2.75, 3.05) is 12.8 Å². The van der Waals surface area contributed by atoms with Gasteiger partial charge in [0.15, 0.2) is 0 Å². The van der Waals surface area contributed by atoms with Crippen molar-refractivity contribution >= 4 is 16.6 Å². The van der Waals surface area contributed by atoms with Crippen LogP contribution >= 0.6 is 0 Å². The number of aromatic amines is 1. The summed E-state index contributed by atoms with van der Waals surface area (Å²) in [5.41, 5.74) is 8.63. The number of ether oxygens (including phenoxy) is 1. The summed E-state index contributed by atoms with van der Waals surface area (Å²) < 4.78 is 5.21. The van der Waals surface area contributed by atoms with E-state index in [2.05, 4.69) is 4.98 Å². The van der Waals surface area contributed by atoms with E-state index in [0.29, 0.717) is 0 Å². The van der Waals surface area contributed by atoms with E-state index >= 15 is 0 Å². The van der Waals surface area contributed by atoms with Gasteiger partial charge in [0.2, 0.25) is 0 Å². The monoisotopic (exact) mass is 176 g/mol. The van der Waals surface area contributed by atoms with E-state index in [1.165, 1.54) is 0 Å². The van der Waals surface area contributed by atoms with E-state index in [9.17, 15) is 0 Å². The molecule has 13 heavy (non-hydrogen) atoms. The summed E-state index contributed by atoms with van der Waals surface area (Å²) >= 11 is 0. The average Bonchev–Trinajstić information content (AvgIpc) is 2.43. The number of para-hydroxylation sites is 1. The van der Waals surface area contributed by atoms with Crippen molar-refractivity contribution in [3.63, 3.8) is 0 Å². The summed E-state index contributed by atoms with van der Waals surface area (Å²) in [5.74, 6) is 0.831. The van der Waals surface area contributed by atoms with E-state index in [4.69, 9.17) is 10.5 Å². The van der Waals surface area contributed by atoms with E-state index in [-0.39, 0.29) is 0 Å². The molecule has 0 bridgehead atoms. The quantitative estimate of drug-likeness (QED) is 0.698. The van der Waals surface area contributed by atoms with Crippen molar-refractivity contribution in [1.82, 2.24) is 4.98 Å². The number of aromatic nitrogens is 1. The second-order valence-electron chi connectivity index (χ2n) is 3.05. The Morgan fingerprint density at radius 2 is 2.15 bits per heavy atom. The maximum atomic E-state index is 5.88. The molecule has 0 aliphatic heterocycles. The smallest absolute Gasteiger partial charge is 0.142 e. The first-order valence-corrected chi connectivity index (χ1v) is 4.15. The van der Waals surface area contributed by atoms with Crippen molar-refractivity contribution in [1.29, 1.82) is 0 Å². The molecule has 2 rings (SSSR count). The van der Waals surface area contributed by atoms with Gasteiger partial charge in [-0.1, -0.05) is 12.1 Å². The maximum absolute atomic E-state index is 5.88. The van der Waals surface area contributed by atoms with Gasteiger partial charge in [0.1, 0.15) is 5.75 Å². The standard InChI is InChI=1S/C10H12N2O/c1-6-9(11)7-4-3-5-8(13-2)10(7)12-6/h3-5,12H,11H2,1-2H3. The number of methoxy groups -OCH3 is 1. The summed E-state index contributed by atoms with van der Waals surface area (Å²) in [6, 6.07) is 5.83. The zero-order valence-corrected chi connectivity index (χ0v) is 7.72. The Morgan fingerprint density at radius 3 is 2.85 bits per heavy atom. The van der Waals surface area contributed by atoms with E-state index in [1.54, 1.807) is 7.11 Å². The van der Waals surface area contributed by atoms with Crippen molar-refractivity contribution in [2.24, 2.45) is 0 Å². The van der Waals surface area contributed by atoms with Gasteiger partial charge in [-0.25, -0.2) is 0 Å². The fourth-order valence-electron chi connectivity index (χ4n) is 1.51. The molecule has 3 heteroatoms. The minimum atomic E-state index is 0.800. The average molecular weight is 176 g/mol. The molecule has 0 spiro atoms. The zero-order valence-electron chi connectivity index (χ0n) is 7.72. The summed E-state index contributed by atoms with van der Waals surface area (Å²) in [6.45, 7) is 1.95. The number of hydrogen-bond donors (Lipinski definition) is 2. The Kier molecular flexibility index (Phi) is 1.65. The van der Waals surface area contributed by atoms with Crippen LogP contribution in [0.25, 0.3) is 10.9 Å². The second-order valence-corrected chi connectivity index (χ2v) is 3.05. The SMILES string of the molecule is COc1cccc2c(N)c(C)[nH]c12. The van der Waals surface area contributed by atoms with Crippen LogP contribution in [0, 0.1) is 6.92 Å². The molecule has 0 radical (unpaired) electrons. The Morgan fingerprint density at radius 1 is 1.38 bits per heavy atom. The Balaban J connectivity index is 2.84. The summed E-state index contributed by atoms with van der Waals surface area (Å²) in [7, 11) is 1.65. The number of hydrogen-bond acceptors (Lipinski definition) is 2. The molecule has 0 aliphatic carbocycles. The molecule has 0 amide bonds. The highest BCUT2D eigenvalue weighted by Crippen LogP contribution is 2.30. The number of nitrogens with one attached hydrogen (secondary N) is 1. The zero-order chi connectivity index (χ0) is 9.42. The molecule has 2 aromatic rings. The third-order valence-corrected chi connectivity index (χ3v) is 2.25. The highest BCUT2D eigenvalue weighted by Gasteiger charge is 2.07. The van der Waals surface area contributed by atoms with Crippen LogP contribution < -0.4 is 10.5 Å². The largest absolute Gasteiger partial charge is 0.495 e. The van der Waals surface area contributed by atoms with Crippen LogP contribution in [0.15, 0.2) is 18.2 Å². The lowest BCUT2D eigenvalue weighted by Gasteiger charge is -1.99. The first-order chi connectivity index (χ1) is 6.24. The van der Waals surface area contributed by atoms with Crippen LogP contribution in [0.3, 0.4) is 0 Å². The molecule has 3 N–H and O–H groups in total. The normalized spacial score (nSPS) is 10.6. The van der Waals surface area contributed by atoms with Gasteiger partial charge in [0.05, 0.1) is 18.3 Å². The number of H-pyrrole nitrogens is 1. The molecule has 0 saturated carbocycles. The van der Waals surface area contributed by atoms with Gasteiger partial charge in [-0.05, 0) is 13.0 Å². The van der Waals surface area contributed by atoms with Crippen molar-refractivity contribution < 1.29 is 4.74 Å². The molecule has 0 fully saturated rings. The number of nitrogen functional groups attached to an aromatic ring is 1. The van der Waals surface area contributed by atoms with Crippen LogP contribution in [0.5, 0.6) is 5.75 Å². The predicted octanol–water partition coefficient (Wildman–Crippen LogP) is 2.07. The van der Waals surface area contributed by atoms with Gasteiger partial charge in [0.25, 0.3) is 0 Å². The number of fused-ring (bicyclic) bond motifs is 1. The van der Waals surface area contributed by atoms with Crippen LogP contribution in [0.4, 0.5) is 5.69 Å². The molecule has 0 aliphatic rings. The van der Waals surface area contributed by atoms with E-state index in [0.717, 1.165) is 28.0 Å². The lowest BCUT2D eigenvalue weighted by molar-refractivity contribution is 0.419. The molecule has 1 aromatic carbocycles. The molecule has 68 valence electrons. The summed E-state index contributed by atoms with van der Waals surface area (Å²) in [4.78, 5) is 3.20. The molecule has 1 heterocycles. The van der Waals surface area contributed by atoms with E-state index < -0.39 is 0 Å². The fraction of sp³-hybridized carbons (Fsp3) is 0.200. The summed E-state index contributed by atoms with van der Waals surface area (Å²) in [6.07, 6.45) is 0. The second kappa shape index (κ2) is 2.69. The number of nitrogens with two attached hydrogens (primary N) is 1. The molecule has 1 aromatic heterocycles. The Hall–Kier alpha value is -1.64. The lowest BCUT2D eigenvalue weighted by atomic mass is 10.2. The van der Waals surface area contributed by atoms with Gasteiger partial charge in [-0.15, -0.1) is 0 Å². The highest BCUT2D eigenvalue weighted by molar-refractivity contribution is 5.96. The van der Waals surface area contributed by atoms with Gasteiger partial charge >= 0.3 is 0 Å². The van der Waals surface area contributed by atoms with Crippen LogP contribution in [0.2, 0.25) is 0 Å². The molecule has 0 atom stereocenters. The Labute approximate surface area is 76.5 Å². The molecular weight excluding hydrogens is 164 g/mol. The van der Waals surface area contributed by atoms with Crippen molar-refractivity contribution in [3.05, 3.63) is 23.9 Å². The number of rotatable bonds is 1. The minimum absolute atomic E-state index is 0.800. The number of benzene rings is 1. The first kappa shape index (κ1) is 7.98. The number of anilines is 1. The Bertz CT molecular complexity index is 445. The molecule has 0 unspecified atom stereocenters. The third kappa shape index (κ3) is 1.04. The molecular formula is C10H12N2O. The van der Waals surface area contributed by atoms with E-state index in [1.807, 2.05) is 25.1 Å². The lowest BCUT2D eigenvalue weighted by Crippen LogP contribution is -1.84. The molecule has 3 nitrogen and oxygen atoms in total. The topological polar surface area (TPSA) is 51.0 Å². The van der Waals surface area contributed by atoms with Gasteiger partial charge in [0, 0.05) is 11.1 Å². The maximum Gasteiger partial charge on any atom is 0.142 e. The van der Waals surface area contributed by atoms with Gasteiger partial charge < -0.3 is 15.5 Å². The highest BCUT2D eigenvalue weighted by atomic mass is 16.5. The first-order valence-electron chi connectivity index (χ1n) is 4.15. The van der Waals surface area contributed by atoms with Gasteiger partial charge in [-0.2, -0.15) is 0 Å². The van der Waals surface area contributed by atoms with Gasteiger partial charge in [-0.3, -0.25) is 0 Å². The van der Waals surface area contributed by atoms with Crippen LogP contribution in [-0.2, 0) is 0 Å². The minimum Gasteiger partial charge on any atom is -0.495 e. The summed E-state index contributed by atoms with van der Waals surface area (Å²) in [5, 5.41) is 1.02. The van der Waals surface area contributed by atoms with Crippen LogP contribution in [0.1, 0.15) is 5.69 Å². The van der Waals surface area contributed by atoms with Crippen LogP contribution in [-0.4, -0.2) is 12.1 Å². The van der Waals surface area contributed by atoms with Crippen molar-refractivity contribution in [2.45, 2.75) is 6.92 Å². The third-order valence-electron chi connectivity index (χ3n) is 2.25. The predicted molar refractivity (Wildman–Crippen MR) is 54.0 cm³/mol. The molecule has 0 saturated heterocycles. The van der Waals surface area contributed by atoms with Crippen molar-refractivity contribution in [3.8, 4) is 5.75 Å².